The molecule has 3 aromatic rings. The molecule has 0 amide bonds. The predicted molar refractivity (Wildman–Crippen MR) is 121 cm³/mol. The minimum Gasteiger partial charge on any atom is -0.490 e. The molecule has 5 nitrogen and oxygen atoms in total. The first kappa shape index (κ1) is 20.3. The van der Waals surface area contributed by atoms with Crippen LogP contribution in [-0.2, 0) is 6.54 Å². The van der Waals surface area contributed by atoms with Crippen molar-refractivity contribution in [3.05, 3.63) is 83.7 Å². The fourth-order valence-corrected chi connectivity index (χ4v) is 5.15. The Kier molecular flexibility index (Phi) is 5.79. The van der Waals surface area contributed by atoms with E-state index in [0.29, 0.717) is 24.5 Å². The van der Waals surface area contributed by atoms with Crippen LogP contribution in [0.5, 0.6) is 5.75 Å². The Balaban J connectivity index is 1.11. The summed E-state index contributed by atoms with van der Waals surface area (Å²) in [6, 6.07) is 18.6. The second kappa shape index (κ2) is 8.85. The second-order valence-electron chi connectivity index (χ2n) is 9.24. The zero-order chi connectivity index (χ0) is 21.2. The molecule has 4 atom stereocenters. The van der Waals surface area contributed by atoms with Gasteiger partial charge in [-0.15, -0.1) is 0 Å². The quantitative estimate of drug-likeness (QED) is 0.630. The van der Waals surface area contributed by atoms with Gasteiger partial charge in [0, 0.05) is 31.4 Å². The van der Waals surface area contributed by atoms with E-state index in [4.69, 9.17) is 4.74 Å². The van der Waals surface area contributed by atoms with Gasteiger partial charge in [0.25, 0.3) is 0 Å². The van der Waals surface area contributed by atoms with Crippen LogP contribution < -0.4 is 4.74 Å². The number of aliphatic hydroxyl groups excluding tert-OH is 1. The monoisotopic (exact) mass is 417 g/mol. The molecule has 0 bridgehead atoms. The SMILES string of the molecule is Cc1ccc(OC2C[C@@H]3CN(CC(O)c4cnn(Cc5ccccc5)c4)C[C@@H]3C2)cc1. The lowest BCUT2D eigenvalue weighted by Crippen LogP contribution is -2.28. The molecule has 31 heavy (non-hydrogen) atoms. The van der Waals surface area contributed by atoms with E-state index in [-0.39, 0.29) is 0 Å². The Morgan fingerprint density at radius 1 is 1.03 bits per heavy atom. The summed E-state index contributed by atoms with van der Waals surface area (Å²) in [5.74, 6) is 2.32. The van der Waals surface area contributed by atoms with Crippen LogP contribution >= 0.6 is 0 Å². The highest BCUT2D eigenvalue weighted by Crippen LogP contribution is 2.40. The molecule has 2 fully saturated rings. The number of nitrogens with zero attached hydrogens (tertiary/aromatic N) is 3. The maximum absolute atomic E-state index is 10.8. The highest BCUT2D eigenvalue weighted by Gasteiger charge is 2.42. The molecule has 5 rings (SSSR count). The Labute approximate surface area is 184 Å². The molecular weight excluding hydrogens is 386 g/mol. The number of ether oxygens (including phenoxy) is 1. The normalized spacial score (nSPS) is 24.3. The standard InChI is InChI=1S/C26H31N3O2/c1-19-7-9-24(10-8-19)31-25-11-21-15-28(16-22(21)12-25)18-26(30)23-13-27-29(17-23)14-20-5-3-2-4-6-20/h2-10,13,17,21-22,25-26,30H,11-12,14-16,18H2,1H3/t21-,22+,25?,26?. The zero-order valence-electron chi connectivity index (χ0n) is 18.1. The molecule has 0 radical (unpaired) electrons. The second-order valence-corrected chi connectivity index (χ2v) is 9.24. The lowest BCUT2D eigenvalue weighted by Gasteiger charge is -2.22. The van der Waals surface area contributed by atoms with Crippen molar-refractivity contribution in [3.63, 3.8) is 0 Å². The topological polar surface area (TPSA) is 50.5 Å². The summed E-state index contributed by atoms with van der Waals surface area (Å²) in [4.78, 5) is 2.41. The number of hydrogen-bond donors (Lipinski definition) is 1. The smallest absolute Gasteiger partial charge is 0.119 e. The molecule has 1 aliphatic heterocycles. The molecule has 5 heteroatoms. The van der Waals surface area contributed by atoms with E-state index < -0.39 is 6.10 Å². The van der Waals surface area contributed by atoms with Gasteiger partial charge >= 0.3 is 0 Å². The van der Waals surface area contributed by atoms with Crippen molar-refractivity contribution in [3.8, 4) is 5.75 Å². The Bertz CT molecular complexity index is 971. The number of hydrogen-bond acceptors (Lipinski definition) is 4. The van der Waals surface area contributed by atoms with E-state index in [2.05, 4.69) is 53.3 Å². The van der Waals surface area contributed by atoms with Gasteiger partial charge in [-0.05, 0) is 49.3 Å². The van der Waals surface area contributed by atoms with E-state index >= 15 is 0 Å². The van der Waals surface area contributed by atoms with Gasteiger partial charge in [-0.2, -0.15) is 5.10 Å². The molecule has 1 aromatic heterocycles. The largest absolute Gasteiger partial charge is 0.490 e. The van der Waals surface area contributed by atoms with E-state index in [1.165, 1.54) is 11.1 Å². The number of likely N-dealkylation sites (tertiary alicyclic amines) is 1. The van der Waals surface area contributed by atoms with Crippen LogP contribution in [0.3, 0.4) is 0 Å². The minimum absolute atomic E-state index is 0.320. The number of rotatable bonds is 7. The zero-order valence-corrected chi connectivity index (χ0v) is 18.1. The molecule has 2 aliphatic rings. The summed E-state index contributed by atoms with van der Waals surface area (Å²) < 4.78 is 8.13. The fraction of sp³-hybridized carbons (Fsp3) is 0.423. The van der Waals surface area contributed by atoms with Gasteiger partial charge in [-0.3, -0.25) is 9.58 Å². The van der Waals surface area contributed by atoms with Crippen molar-refractivity contribution in [1.82, 2.24) is 14.7 Å². The number of aryl methyl sites for hydroxylation is 1. The van der Waals surface area contributed by atoms with Crippen molar-refractivity contribution in [1.29, 1.82) is 0 Å². The van der Waals surface area contributed by atoms with Gasteiger partial charge in [0.1, 0.15) is 5.75 Å². The van der Waals surface area contributed by atoms with Crippen LogP contribution in [0.1, 0.15) is 35.6 Å². The lowest BCUT2D eigenvalue weighted by atomic mass is 10.0. The van der Waals surface area contributed by atoms with E-state index in [0.717, 1.165) is 43.8 Å². The Hall–Kier alpha value is -2.63. The molecule has 1 saturated heterocycles. The van der Waals surface area contributed by atoms with Crippen LogP contribution in [0.25, 0.3) is 0 Å². The molecule has 2 aromatic carbocycles. The number of aromatic nitrogens is 2. The van der Waals surface area contributed by atoms with Crippen LogP contribution in [-0.4, -0.2) is 45.5 Å². The maximum atomic E-state index is 10.8. The fourth-order valence-electron chi connectivity index (χ4n) is 5.15. The van der Waals surface area contributed by atoms with Gasteiger partial charge in [0.15, 0.2) is 0 Å². The van der Waals surface area contributed by atoms with E-state index in [1.807, 2.05) is 29.1 Å². The van der Waals surface area contributed by atoms with Gasteiger partial charge in [0.05, 0.1) is 24.9 Å². The van der Waals surface area contributed by atoms with Crippen molar-refractivity contribution >= 4 is 0 Å². The molecule has 2 heterocycles. The first-order valence-electron chi connectivity index (χ1n) is 11.3. The lowest BCUT2D eigenvalue weighted by molar-refractivity contribution is 0.116. The number of fused-ring (bicyclic) bond motifs is 1. The number of benzene rings is 2. The van der Waals surface area contributed by atoms with E-state index in [1.54, 1.807) is 6.20 Å². The molecule has 1 N–H and O–H groups in total. The van der Waals surface area contributed by atoms with Crippen LogP contribution in [0.4, 0.5) is 0 Å². The maximum Gasteiger partial charge on any atom is 0.119 e. The average Bonchev–Trinajstić information content (AvgIpc) is 3.46. The van der Waals surface area contributed by atoms with Gasteiger partial charge in [-0.25, -0.2) is 0 Å². The van der Waals surface area contributed by atoms with Crippen LogP contribution in [0.15, 0.2) is 67.0 Å². The summed E-state index contributed by atoms with van der Waals surface area (Å²) >= 11 is 0. The molecular formula is C26H31N3O2. The highest BCUT2D eigenvalue weighted by molar-refractivity contribution is 5.26. The van der Waals surface area contributed by atoms with Gasteiger partial charge in [-0.1, -0.05) is 48.0 Å². The highest BCUT2D eigenvalue weighted by atomic mass is 16.5. The third-order valence-corrected chi connectivity index (χ3v) is 6.76. The molecule has 2 unspecified atom stereocenters. The summed E-state index contributed by atoms with van der Waals surface area (Å²) in [6.07, 6.45) is 5.82. The summed E-state index contributed by atoms with van der Waals surface area (Å²) in [7, 11) is 0. The Morgan fingerprint density at radius 2 is 1.74 bits per heavy atom. The third-order valence-electron chi connectivity index (χ3n) is 6.76. The summed E-state index contributed by atoms with van der Waals surface area (Å²) in [6.45, 7) is 5.60. The molecule has 1 saturated carbocycles. The number of β-amino-alcohol motifs (C(OH)–C–C–N with tert-alkyl or cyclic N) is 1. The predicted octanol–water partition coefficient (Wildman–Crippen LogP) is 4.06. The van der Waals surface area contributed by atoms with Crippen molar-refractivity contribution in [2.45, 2.75) is 38.5 Å². The van der Waals surface area contributed by atoms with Crippen LogP contribution in [0.2, 0.25) is 0 Å². The summed E-state index contributed by atoms with van der Waals surface area (Å²) in [5, 5.41) is 15.2. The third kappa shape index (κ3) is 4.83. The first-order valence-corrected chi connectivity index (χ1v) is 11.3. The van der Waals surface area contributed by atoms with Crippen molar-refractivity contribution in [2.75, 3.05) is 19.6 Å². The van der Waals surface area contributed by atoms with Gasteiger partial charge in [0.2, 0.25) is 0 Å². The molecule has 0 spiro atoms. The first-order chi connectivity index (χ1) is 15.1. The van der Waals surface area contributed by atoms with Gasteiger partial charge < -0.3 is 9.84 Å². The van der Waals surface area contributed by atoms with Crippen LogP contribution in [0, 0.1) is 18.8 Å². The average molecular weight is 418 g/mol. The molecule has 162 valence electrons. The van der Waals surface area contributed by atoms with Crippen molar-refractivity contribution in [2.24, 2.45) is 11.8 Å². The Morgan fingerprint density at radius 3 is 2.45 bits per heavy atom. The minimum atomic E-state index is -0.497. The van der Waals surface area contributed by atoms with E-state index in [9.17, 15) is 5.11 Å². The van der Waals surface area contributed by atoms with Crippen molar-refractivity contribution < 1.29 is 9.84 Å². The summed E-state index contributed by atoms with van der Waals surface area (Å²) in [5.41, 5.74) is 3.37. The number of aliphatic hydroxyl groups is 1. The molecule has 1 aliphatic carbocycles.